The molecule has 0 saturated heterocycles. The van der Waals surface area contributed by atoms with Gasteiger partial charge in [0.15, 0.2) is 5.82 Å². The fourth-order valence-electron chi connectivity index (χ4n) is 1.68. The number of halogens is 1. The first-order chi connectivity index (χ1) is 8.70. The summed E-state index contributed by atoms with van der Waals surface area (Å²) in [4.78, 5) is 18.4. The molecule has 1 heterocycles. The van der Waals surface area contributed by atoms with Crippen molar-refractivity contribution in [1.29, 1.82) is 0 Å². The van der Waals surface area contributed by atoms with Crippen molar-refractivity contribution in [2.45, 2.75) is 12.8 Å². The smallest absolute Gasteiger partial charge is 0.220 e. The van der Waals surface area contributed by atoms with Gasteiger partial charge in [-0.3, -0.25) is 4.79 Å². The van der Waals surface area contributed by atoms with Crippen molar-refractivity contribution < 1.29 is 14.3 Å². The Morgan fingerprint density at radius 3 is 3.06 bits per heavy atom. The second-order valence-electron chi connectivity index (χ2n) is 3.89. The molecule has 0 aliphatic carbocycles. The number of fused-ring (bicyclic) bond motifs is 1. The summed E-state index contributed by atoms with van der Waals surface area (Å²) in [5.74, 6) is 0.0407. The van der Waals surface area contributed by atoms with Gasteiger partial charge in [-0.1, -0.05) is 6.07 Å². The van der Waals surface area contributed by atoms with Crippen LogP contribution in [0.15, 0.2) is 18.2 Å². The highest BCUT2D eigenvalue weighted by atomic mass is 19.1. The number of aromatic amines is 1. The highest BCUT2D eigenvalue weighted by Gasteiger charge is 2.08. The molecule has 0 atom stereocenters. The van der Waals surface area contributed by atoms with E-state index in [-0.39, 0.29) is 31.3 Å². The topological polar surface area (TPSA) is 78.0 Å². The monoisotopic (exact) mass is 251 g/mol. The zero-order chi connectivity index (χ0) is 13.0. The standard InChI is InChI=1S/C12H14FN3O2/c13-8-2-1-3-9-12(8)16-10(15-9)4-5-11(18)14-6-7-17/h1-3,17H,4-7H2,(H,14,18)(H,15,16). The Morgan fingerprint density at radius 2 is 2.33 bits per heavy atom. The molecule has 0 unspecified atom stereocenters. The van der Waals surface area contributed by atoms with Crippen LogP contribution in [0.5, 0.6) is 0 Å². The second-order valence-corrected chi connectivity index (χ2v) is 3.89. The van der Waals surface area contributed by atoms with Crippen LogP contribution < -0.4 is 5.32 Å². The molecule has 0 bridgehead atoms. The van der Waals surface area contributed by atoms with Crippen LogP contribution >= 0.6 is 0 Å². The Bertz CT molecular complexity index is 553. The lowest BCUT2D eigenvalue weighted by atomic mass is 10.3. The van der Waals surface area contributed by atoms with E-state index < -0.39 is 0 Å². The molecule has 2 rings (SSSR count). The van der Waals surface area contributed by atoms with Gasteiger partial charge in [-0.25, -0.2) is 9.37 Å². The molecule has 6 heteroatoms. The van der Waals surface area contributed by atoms with Gasteiger partial charge in [0.05, 0.1) is 12.1 Å². The van der Waals surface area contributed by atoms with Gasteiger partial charge in [0.25, 0.3) is 0 Å². The number of aliphatic hydroxyl groups is 1. The van der Waals surface area contributed by atoms with Crippen LogP contribution in [0.25, 0.3) is 11.0 Å². The van der Waals surface area contributed by atoms with Crippen molar-refractivity contribution in [2.75, 3.05) is 13.2 Å². The van der Waals surface area contributed by atoms with Crippen LogP contribution in [0, 0.1) is 5.82 Å². The van der Waals surface area contributed by atoms with Gasteiger partial charge in [-0.2, -0.15) is 0 Å². The van der Waals surface area contributed by atoms with E-state index in [9.17, 15) is 9.18 Å². The number of aryl methyl sites for hydroxylation is 1. The number of H-pyrrole nitrogens is 1. The number of nitrogens with one attached hydrogen (secondary N) is 2. The van der Waals surface area contributed by atoms with Crippen molar-refractivity contribution in [3.05, 3.63) is 29.8 Å². The Kier molecular flexibility index (Phi) is 3.88. The van der Waals surface area contributed by atoms with E-state index in [1.54, 1.807) is 12.1 Å². The Hall–Kier alpha value is -1.95. The van der Waals surface area contributed by atoms with Gasteiger partial charge in [-0.15, -0.1) is 0 Å². The summed E-state index contributed by atoms with van der Waals surface area (Å²) in [7, 11) is 0. The Morgan fingerprint density at radius 1 is 1.50 bits per heavy atom. The SMILES string of the molecule is O=C(CCc1nc2c(F)cccc2[nH]1)NCCO. The molecule has 5 nitrogen and oxygen atoms in total. The van der Waals surface area contributed by atoms with Gasteiger partial charge in [0.2, 0.25) is 5.91 Å². The van der Waals surface area contributed by atoms with E-state index in [0.29, 0.717) is 23.3 Å². The maximum absolute atomic E-state index is 13.4. The average molecular weight is 251 g/mol. The normalized spacial score (nSPS) is 10.8. The summed E-state index contributed by atoms with van der Waals surface area (Å²) in [5.41, 5.74) is 0.920. The van der Waals surface area contributed by atoms with E-state index in [1.807, 2.05) is 0 Å². The van der Waals surface area contributed by atoms with E-state index >= 15 is 0 Å². The predicted molar refractivity (Wildman–Crippen MR) is 64.5 cm³/mol. The molecule has 1 amide bonds. The average Bonchev–Trinajstić information content (AvgIpc) is 2.78. The number of benzene rings is 1. The minimum Gasteiger partial charge on any atom is -0.395 e. The van der Waals surface area contributed by atoms with Gasteiger partial charge in [-0.05, 0) is 12.1 Å². The molecule has 3 N–H and O–H groups in total. The Balaban J connectivity index is 2.00. The van der Waals surface area contributed by atoms with Crippen molar-refractivity contribution in [3.63, 3.8) is 0 Å². The molecule has 0 spiro atoms. The predicted octanol–water partition coefficient (Wildman–Crippen LogP) is 0.743. The highest BCUT2D eigenvalue weighted by Crippen LogP contribution is 2.15. The largest absolute Gasteiger partial charge is 0.395 e. The molecule has 96 valence electrons. The highest BCUT2D eigenvalue weighted by molar-refractivity contribution is 5.77. The number of amides is 1. The van der Waals surface area contributed by atoms with Crippen molar-refractivity contribution in [3.8, 4) is 0 Å². The maximum atomic E-state index is 13.4. The number of aliphatic hydroxyl groups excluding tert-OH is 1. The van der Waals surface area contributed by atoms with Crippen LogP contribution in [0.4, 0.5) is 4.39 Å². The molecular weight excluding hydrogens is 237 g/mol. The number of aromatic nitrogens is 2. The number of hydrogen-bond donors (Lipinski definition) is 3. The number of para-hydroxylation sites is 1. The summed E-state index contributed by atoms with van der Waals surface area (Å²) < 4.78 is 13.4. The summed E-state index contributed by atoms with van der Waals surface area (Å²) in [6, 6.07) is 4.69. The lowest BCUT2D eigenvalue weighted by Crippen LogP contribution is -2.26. The second kappa shape index (κ2) is 5.59. The number of nitrogens with zero attached hydrogens (tertiary/aromatic N) is 1. The van der Waals surface area contributed by atoms with Gasteiger partial charge in [0.1, 0.15) is 11.3 Å². The quantitative estimate of drug-likeness (QED) is 0.733. The third-order valence-electron chi connectivity index (χ3n) is 2.54. The van der Waals surface area contributed by atoms with Gasteiger partial charge >= 0.3 is 0 Å². The third-order valence-corrected chi connectivity index (χ3v) is 2.54. The summed E-state index contributed by atoms with van der Waals surface area (Å²) in [5, 5.41) is 11.1. The van der Waals surface area contributed by atoms with Gasteiger partial charge < -0.3 is 15.4 Å². The number of imidazole rings is 1. The van der Waals surface area contributed by atoms with Crippen LogP contribution in [0.3, 0.4) is 0 Å². The number of rotatable bonds is 5. The molecule has 1 aromatic heterocycles. The molecule has 1 aromatic carbocycles. The zero-order valence-electron chi connectivity index (χ0n) is 9.74. The maximum Gasteiger partial charge on any atom is 0.220 e. The first-order valence-electron chi connectivity index (χ1n) is 5.71. The van der Waals surface area contributed by atoms with Crippen LogP contribution in [-0.2, 0) is 11.2 Å². The zero-order valence-corrected chi connectivity index (χ0v) is 9.74. The lowest BCUT2D eigenvalue weighted by molar-refractivity contribution is -0.121. The fraction of sp³-hybridized carbons (Fsp3) is 0.333. The van der Waals surface area contributed by atoms with E-state index in [0.717, 1.165) is 0 Å². The molecule has 0 fully saturated rings. The minimum absolute atomic E-state index is 0.0818. The number of hydrogen-bond acceptors (Lipinski definition) is 3. The molecule has 2 aromatic rings. The first-order valence-corrected chi connectivity index (χ1v) is 5.71. The minimum atomic E-state index is -0.375. The van der Waals surface area contributed by atoms with Crippen molar-refractivity contribution in [2.24, 2.45) is 0 Å². The van der Waals surface area contributed by atoms with Crippen LogP contribution in [0.2, 0.25) is 0 Å². The number of carbonyl (C=O) groups is 1. The molecule has 0 radical (unpaired) electrons. The van der Waals surface area contributed by atoms with Crippen molar-refractivity contribution in [1.82, 2.24) is 15.3 Å². The van der Waals surface area contributed by atoms with Crippen LogP contribution in [-0.4, -0.2) is 34.1 Å². The Labute approximate surface area is 103 Å². The lowest BCUT2D eigenvalue weighted by Gasteiger charge is -2.00. The first kappa shape index (κ1) is 12.5. The summed E-state index contributed by atoms with van der Waals surface area (Å²) in [6.45, 7) is 0.162. The molecule has 18 heavy (non-hydrogen) atoms. The van der Waals surface area contributed by atoms with Crippen LogP contribution in [0.1, 0.15) is 12.2 Å². The summed E-state index contributed by atoms with van der Waals surface area (Å²) >= 11 is 0. The molecule has 0 saturated carbocycles. The molecule has 0 aliphatic heterocycles. The molecule has 0 aliphatic rings. The molecular formula is C12H14FN3O2. The van der Waals surface area contributed by atoms with E-state index in [4.69, 9.17) is 5.11 Å². The number of carbonyl (C=O) groups excluding carboxylic acids is 1. The third kappa shape index (κ3) is 2.84. The van der Waals surface area contributed by atoms with Crippen molar-refractivity contribution >= 4 is 16.9 Å². The van der Waals surface area contributed by atoms with Gasteiger partial charge in [0, 0.05) is 19.4 Å². The van der Waals surface area contributed by atoms with E-state index in [1.165, 1.54) is 6.07 Å². The fourth-order valence-corrected chi connectivity index (χ4v) is 1.68. The summed E-state index contributed by atoms with van der Waals surface area (Å²) in [6.07, 6.45) is 0.660. The van der Waals surface area contributed by atoms with E-state index in [2.05, 4.69) is 15.3 Å².